The van der Waals surface area contributed by atoms with Gasteiger partial charge in [-0.15, -0.1) is 11.8 Å². The SMILES string of the molecule is O=C(NCc1ccco1)C1CSC(c2ccc(F)cc2)N1C(=O)c1ccc(Cl)cc1. The molecule has 4 rings (SSSR count). The Morgan fingerprint density at radius 2 is 1.87 bits per heavy atom. The molecule has 154 valence electrons. The van der Waals surface area contributed by atoms with Crippen molar-refractivity contribution in [3.8, 4) is 0 Å². The molecular weight excluding hydrogens is 427 g/mol. The normalized spacial score (nSPS) is 18.4. The van der Waals surface area contributed by atoms with Crippen LogP contribution in [0.25, 0.3) is 0 Å². The average molecular weight is 445 g/mol. The topological polar surface area (TPSA) is 62.6 Å². The van der Waals surface area contributed by atoms with E-state index < -0.39 is 11.4 Å². The van der Waals surface area contributed by atoms with Crippen molar-refractivity contribution in [3.05, 3.63) is 94.7 Å². The number of amides is 2. The Balaban J connectivity index is 1.61. The second kappa shape index (κ2) is 8.93. The number of thioether (sulfide) groups is 1. The van der Waals surface area contributed by atoms with Crippen molar-refractivity contribution in [2.75, 3.05) is 5.75 Å². The fourth-order valence-electron chi connectivity index (χ4n) is 3.29. The molecule has 1 aliphatic heterocycles. The summed E-state index contributed by atoms with van der Waals surface area (Å²) >= 11 is 7.41. The molecule has 1 saturated heterocycles. The highest BCUT2D eigenvalue weighted by atomic mass is 35.5. The van der Waals surface area contributed by atoms with Gasteiger partial charge in [-0.05, 0) is 54.1 Å². The van der Waals surface area contributed by atoms with E-state index in [2.05, 4.69) is 5.32 Å². The van der Waals surface area contributed by atoms with Crippen molar-refractivity contribution in [1.29, 1.82) is 0 Å². The molecule has 1 aromatic heterocycles. The molecule has 2 unspecified atom stereocenters. The predicted molar refractivity (Wildman–Crippen MR) is 114 cm³/mol. The van der Waals surface area contributed by atoms with E-state index in [0.717, 1.165) is 5.56 Å². The van der Waals surface area contributed by atoms with E-state index in [9.17, 15) is 14.0 Å². The number of nitrogens with zero attached hydrogens (tertiary/aromatic N) is 1. The molecule has 0 bridgehead atoms. The molecule has 2 heterocycles. The van der Waals surface area contributed by atoms with Crippen LogP contribution in [0.5, 0.6) is 0 Å². The Hall–Kier alpha value is -2.77. The molecule has 0 spiro atoms. The van der Waals surface area contributed by atoms with Gasteiger partial charge in [0, 0.05) is 16.3 Å². The maximum atomic E-state index is 13.4. The highest BCUT2D eigenvalue weighted by molar-refractivity contribution is 7.99. The van der Waals surface area contributed by atoms with Crippen molar-refractivity contribution in [3.63, 3.8) is 0 Å². The number of nitrogens with one attached hydrogen (secondary N) is 1. The fourth-order valence-corrected chi connectivity index (χ4v) is 4.84. The molecule has 1 N–H and O–H groups in total. The summed E-state index contributed by atoms with van der Waals surface area (Å²) in [6, 6.07) is 15.3. The Morgan fingerprint density at radius 3 is 2.53 bits per heavy atom. The largest absolute Gasteiger partial charge is 0.467 e. The highest BCUT2D eigenvalue weighted by Gasteiger charge is 2.42. The third kappa shape index (κ3) is 4.37. The van der Waals surface area contributed by atoms with E-state index in [1.54, 1.807) is 53.4 Å². The van der Waals surface area contributed by atoms with Gasteiger partial charge < -0.3 is 14.6 Å². The summed E-state index contributed by atoms with van der Waals surface area (Å²) in [7, 11) is 0. The lowest BCUT2D eigenvalue weighted by Crippen LogP contribution is -2.47. The van der Waals surface area contributed by atoms with Gasteiger partial charge in [-0.25, -0.2) is 4.39 Å². The van der Waals surface area contributed by atoms with Crippen LogP contribution in [0.1, 0.15) is 27.1 Å². The van der Waals surface area contributed by atoms with Gasteiger partial charge in [0.1, 0.15) is 23.0 Å². The highest BCUT2D eigenvalue weighted by Crippen LogP contribution is 2.42. The molecule has 0 aliphatic carbocycles. The van der Waals surface area contributed by atoms with Gasteiger partial charge in [-0.1, -0.05) is 23.7 Å². The number of carbonyl (C=O) groups is 2. The summed E-state index contributed by atoms with van der Waals surface area (Å²) in [4.78, 5) is 27.8. The van der Waals surface area contributed by atoms with Crippen LogP contribution in [0, 0.1) is 5.82 Å². The van der Waals surface area contributed by atoms with Gasteiger partial charge in [0.05, 0.1) is 12.8 Å². The third-order valence-electron chi connectivity index (χ3n) is 4.80. The van der Waals surface area contributed by atoms with E-state index in [1.807, 2.05) is 0 Å². The summed E-state index contributed by atoms with van der Waals surface area (Å²) in [6.45, 7) is 0.233. The minimum atomic E-state index is -0.678. The Morgan fingerprint density at radius 1 is 1.13 bits per heavy atom. The molecule has 2 amide bonds. The van der Waals surface area contributed by atoms with E-state index in [-0.39, 0.29) is 24.2 Å². The van der Waals surface area contributed by atoms with Crippen molar-refractivity contribution >= 4 is 35.2 Å². The Kier molecular flexibility index (Phi) is 6.11. The van der Waals surface area contributed by atoms with Crippen LogP contribution in [-0.4, -0.2) is 28.5 Å². The maximum absolute atomic E-state index is 13.4. The lowest BCUT2D eigenvalue weighted by Gasteiger charge is -2.29. The quantitative estimate of drug-likeness (QED) is 0.622. The van der Waals surface area contributed by atoms with Crippen molar-refractivity contribution in [2.45, 2.75) is 18.0 Å². The van der Waals surface area contributed by atoms with Crippen molar-refractivity contribution in [2.24, 2.45) is 0 Å². The summed E-state index contributed by atoms with van der Waals surface area (Å²) in [5.41, 5.74) is 1.18. The van der Waals surface area contributed by atoms with Gasteiger partial charge in [-0.2, -0.15) is 0 Å². The fraction of sp³-hybridized carbons (Fsp3) is 0.182. The average Bonchev–Trinajstić information content (AvgIpc) is 3.43. The molecule has 8 heteroatoms. The zero-order chi connectivity index (χ0) is 21.1. The molecule has 1 aliphatic rings. The van der Waals surface area contributed by atoms with Crippen LogP contribution < -0.4 is 5.32 Å². The van der Waals surface area contributed by atoms with Crippen LogP contribution in [0.15, 0.2) is 71.3 Å². The first-order valence-electron chi connectivity index (χ1n) is 9.28. The van der Waals surface area contributed by atoms with Crippen molar-refractivity contribution < 1.29 is 18.4 Å². The molecule has 5 nitrogen and oxygen atoms in total. The number of carbonyl (C=O) groups excluding carboxylic acids is 2. The third-order valence-corrected chi connectivity index (χ3v) is 6.38. The number of hydrogen-bond acceptors (Lipinski definition) is 4. The summed E-state index contributed by atoms with van der Waals surface area (Å²) in [5.74, 6) is 0.130. The maximum Gasteiger partial charge on any atom is 0.255 e. The zero-order valence-electron chi connectivity index (χ0n) is 15.8. The lowest BCUT2D eigenvalue weighted by atomic mass is 10.1. The van der Waals surface area contributed by atoms with Crippen LogP contribution in [0.4, 0.5) is 4.39 Å². The molecule has 1 fully saturated rings. The molecule has 30 heavy (non-hydrogen) atoms. The molecule has 2 aromatic carbocycles. The summed E-state index contributed by atoms with van der Waals surface area (Å²) in [5, 5.41) is 2.94. The molecular formula is C22H18ClFN2O3S. The minimum Gasteiger partial charge on any atom is -0.467 e. The van der Waals surface area contributed by atoms with E-state index in [4.69, 9.17) is 16.0 Å². The monoisotopic (exact) mass is 444 g/mol. The van der Waals surface area contributed by atoms with E-state index in [1.165, 1.54) is 30.2 Å². The smallest absolute Gasteiger partial charge is 0.255 e. The lowest BCUT2D eigenvalue weighted by molar-refractivity contribution is -0.125. The number of halogens is 2. The first-order chi connectivity index (χ1) is 14.5. The molecule has 0 saturated carbocycles. The van der Waals surface area contributed by atoms with Gasteiger partial charge >= 0.3 is 0 Å². The summed E-state index contributed by atoms with van der Waals surface area (Å²) in [6.07, 6.45) is 1.54. The Bertz CT molecular complexity index is 1030. The number of hydrogen-bond donors (Lipinski definition) is 1. The first kappa shape index (κ1) is 20.5. The van der Waals surface area contributed by atoms with Crippen LogP contribution >= 0.6 is 23.4 Å². The van der Waals surface area contributed by atoms with Gasteiger partial charge in [-0.3, -0.25) is 9.59 Å². The molecule has 3 aromatic rings. The second-order valence-electron chi connectivity index (χ2n) is 6.77. The number of furan rings is 1. The van der Waals surface area contributed by atoms with Crippen LogP contribution in [0.3, 0.4) is 0 Å². The van der Waals surface area contributed by atoms with Gasteiger partial charge in [0.2, 0.25) is 5.91 Å². The molecule has 2 atom stereocenters. The summed E-state index contributed by atoms with van der Waals surface area (Å²) < 4.78 is 18.7. The van der Waals surface area contributed by atoms with Crippen LogP contribution in [0.2, 0.25) is 5.02 Å². The minimum absolute atomic E-state index is 0.233. The Labute approximate surface area is 182 Å². The van der Waals surface area contributed by atoms with Gasteiger partial charge in [0.25, 0.3) is 5.91 Å². The zero-order valence-corrected chi connectivity index (χ0v) is 17.3. The standard InChI is InChI=1S/C22H18ClFN2O3S/c23-16-7-3-14(4-8-16)21(28)26-19(20(27)25-12-18-2-1-11-29-18)13-30-22(26)15-5-9-17(24)10-6-15/h1-11,19,22H,12-13H2,(H,25,27). The second-order valence-corrected chi connectivity index (χ2v) is 8.32. The van der Waals surface area contributed by atoms with E-state index >= 15 is 0 Å². The van der Waals surface area contributed by atoms with Crippen molar-refractivity contribution in [1.82, 2.24) is 10.2 Å². The number of rotatable bonds is 5. The number of benzene rings is 2. The van der Waals surface area contributed by atoms with E-state index in [0.29, 0.717) is 22.1 Å². The molecule has 0 radical (unpaired) electrons. The van der Waals surface area contributed by atoms with Crippen LogP contribution in [-0.2, 0) is 11.3 Å². The van der Waals surface area contributed by atoms with Gasteiger partial charge in [0.15, 0.2) is 0 Å². The first-order valence-corrected chi connectivity index (χ1v) is 10.7. The predicted octanol–water partition coefficient (Wildman–Crippen LogP) is 4.64.